The van der Waals surface area contributed by atoms with Gasteiger partial charge in [0.25, 0.3) is 0 Å². The lowest BCUT2D eigenvalue weighted by atomic mass is 10.3. The summed E-state index contributed by atoms with van der Waals surface area (Å²) >= 11 is 0. The highest BCUT2D eigenvalue weighted by Gasteiger charge is 1.88. The van der Waals surface area contributed by atoms with E-state index in [-0.39, 0.29) is 12.7 Å². The number of rotatable bonds is 2. The maximum Gasteiger partial charge on any atom is 0.0533 e. The Hall–Kier alpha value is -0.860. The highest BCUT2D eigenvalue weighted by molar-refractivity contribution is 4.40. The fourth-order valence-electron chi connectivity index (χ4n) is 0.187. The minimum absolute atomic E-state index is 0.0810. The van der Waals surface area contributed by atoms with Crippen molar-refractivity contribution in [1.82, 2.24) is 0 Å². The molecule has 0 aromatic heterocycles. The van der Waals surface area contributed by atoms with Crippen LogP contribution in [-0.4, -0.2) is 22.9 Å². The third-order valence-electron chi connectivity index (χ3n) is 0.547. The van der Waals surface area contributed by atoms with E-state index in [0.29, 0.717) is 6.42 Å². The van der Waals surface area contributed by atoms with Crippen molar-refractivity contribution in [1.29, 1.82) is 0 Å². The maximum absolute atomic E-state index is 8.39. The van der Waals surface area contributed by atoms with Crippen molar-refractivity contribution in [2.24, 2.45) is 0 Å². The minimum Gasteiger partial charge on any atom is -0.396 e. The highest BCUT2D eigenvalue weighted by atomic mass is 16.3. The van der Waals surface area contributed by atoms with Crippen LogP contribution in [0.1, 0.15) is 13.3 Å². The van der Waals surface area contributed by atoms with Crippen molar-refractivity contribution in [2.45, 2.75) is 19.4 Å². The molecule has 0 aromatic rings. The summed E-state index contributed by atoms with van der Waals surface area (Å²) in [5.74, 6) is 0. The zero-order chi connectivity index (χ0) is 11.0. The van der Waals surface area contributed by atoms with Gasteiger partial charge in [0.15, 0.2) is 0 Å². The predicted molar refractivity (Wildman–Crippen MR) is 57.1 cm³/mol. The number of aliphatic hydroxyl groups is 2. The molecular formula is C10H22O2. The first-order valence-electron chi connectivity index (χ1n) is 3.56. The number of aliphatic hydroxyl groups excluding tert-OH is 2. The van der Waals surface area contributed by atoms with Gasteiger partial charge in [0.2, 0.25) is 0 Å². The molecule has 0 aliphatic carbocycles. The van der Waals surface area contributed by atoms with Crippen molar-refractivity contribution in [2.75, 3.05) is 6.61 Å². The first-order chi connectivity index (χ1) is 5.77. The van der Waals surface area contributed by atoms with E-state index in [2.05, 4.69) is 39.5 Å². The van der Waals surface area contributed by atoms with E-state index < -0.39 is 0 Å². The van der Waals surface area contributed by atoms with Crippen molar-refractivity contribution in [3.05, 3.63) is 39.5 Å². The van der Waals surface area contributed by atoms with Crippen LogP contribution in [0, 0.1) is 0 Å². The summed E-state index contributed by atoms with van der Waals surface area (Å²) in [6.45, 7) is 19.7. The smallest absolute Gasteiger partial charge is 0.0533 e. The lowest BCUT2D eigenvalue weighted by Gasteiger charge is -1.95. The Kier molecular flexibility index (Phi) is 92.5. The van der Waals surface area contributed by atoms with Gasteiger partial charge in [0.05, 0.1) is 6.10 Å². The quantitative estimate of drug-likeness (QED) is 0.630. The molecule has 0 amide bonds. The molecule has 12 heavy (non-hydrogen) atoms. The number of hydrogen-bond acceptors (Lipinski definition) is 2. The molecule has 0 spiro atoms. The van der Waals surface area contributed by atoms with Crippen LogP contribution in [0.25, 0.3) is 0 Å². The second kappa shape index (κ2) is 49.4. The second-order valence-corrected chi connectivity index (χ2v) is 1.36. The van der Waals surface area contributed by atoms with Crippen molar-refractivity contribution >= 4 is 0 Å². The highest BCUT2D eigenvalue weighted by Crippen LogP contribution is 1.83. The van der Waals surface area contributed by atoms with Crippen LogP contribution < -0.4 is 0 Å². The standard InChI is InChI=1S/C4H10O2.3C2H4/c1-4(6)2-3-5;3*1-2/h4-6H,2-3H2,1H3;3*1-2H2. The molecular weight excluding hydrogens is 152 g/mol. The van der Waals surface area contributed by atoms with E-state index in [0.717, 1.165) is 0 Å². The first kappa shape index (κ1) is 22.5. The van der Waals surface area contributed by atoms with Gasteiger partial charge < -0.3 is 10.2 Å². The summed E-state index contributed by atoms with van der Waals surface area (Å²) in [6.07, 6.45) is 0.134. The van der Waals surface area contributed by atoms with Crippen LogP contribution in [0.5, 0.6) is 0 Å². The molecule has 2 N–H and O–H groups in total. The van der Waals surface area contributed by atoms with Crippen LogP contribution in [-0.2, 0) is 0 Å². The summed E-state index contributed by atoms with van der Waals surface area (Å²) in [5, 5.41) is 16.5. The molecule has 0 heterocycles. The van der Waals surface area contributed by atoms with Gasteiger partial charge in [0.1, 0.15) is 0 Å². The summed E-state index contributed by atoms with van der Waals surface area (Å²) in [6, 6.07) is 0. The molecule has 1 atom stereocenters. The van der Waals surface area contributed by atoms with Crippen LogP contribution in [0.3, 0.4) is 0 Å². The van der Waals surface area contributed by atoms with Crippen LogP contribution in [0.4, 0.5) is 0 Å². The third-order valence-corrected chi connectivity index (χ3v) is 0.547. The Morgan fingerprint density at radius 3 is 1.25 bits per heavy atom. The molecule has 0 radical (unpaired) electrons. The Morgan fingerprint density at radius 2 is 1.25 bits per heavy atom. The van der Waals surface area contributed by atoms with Gasteiger partial charge >= 0.3 is 0 Å². The second-order valence-electron chi connectivity index (χ2n) is 1.36. The Labute approximate surface area is 76.6 Å². The van der Waals surface area contributed by atoms with Crippen molar-refractivity contribution in [3.8, 4) is 0 Å². The van der Waals surface area contributed by atoms with Crippen molar-refractivity contribution in [3.63, 3.8) is 0 Å². The number of hydrogen-bond donors (Lipinski definition) is 2. The molecule has 2 heteroatoms. The molecule has 74 valence electrons. The van der Waals surface area contributed by atoms with Crippen LogP contribution in [0.15, 0.2) is 39.5 Å². The average molecular weight is 174 g/mol. The molecule has 0 aliphatic rings. The molecule has 0 saturated carbocycles. The fraction of sp³-hybridized carbons (Fsp3) is 0.400. The monoisotopic (exact) mass is 174 g/mol. The molecule has 0 rings (SSSR count). The van der Waals surface area contributed by atoms with E-state index in [1.54, 1.807) is 6.92 Å². The Balaban J connectivity index is -0.0000000453. The summed E-state index contributed by atoms with van der Waals surface area (Å²) in [4.78, 5) is 0. The van der Waals surface area contributed by atoms with Gasteiger partial charge in [-0.2, -0.15) is 0 Å². The summed E-state index contributed by atoms with van der Waals surface area (Å²) in [7, 11) is 0. The lowest BCUT2D eigenvalue weighted by molar-refractivity contribution is 0.148. The molecule has 0 aromatic carbocycles. The van der Waals surface area contributed by atoms with E-state index in [1.807, 2.05) is 0 Å². The van der Waals surface area contributed by atoms with Gasteiger partial charge in [-0.05, 0) is 13.3 Å². The zero-order valence-corrected chi connectivity index (χ0v) is 8.13. The summed E-state index contributed by atoms with van der Waals surface area (Å²) in [5.41, 5.74) is 0. The van der Waals surface area contributed by atoms with Crippen LogP contribution in [0.2, 0.25) is 0 Å². The van der Waals surface area contributed by atoms with Crippen LogP contribution >= 0.6 is 0 Å². The third kappa shape index (κ3) is 132. The normalized spacial score (nSPS) is 8.25. The van der Waals surface area contributed by atoms with E-state index >= 15 is 0 Å². The van der Waals surface area contributed by atoms with Gasteiger partial charge in [0, 0.05) is 6.61 Å². The largest absolute Gasteiger partial charge is 0.396 e. The maximum atomic E-state index is 8.39. The lowest BCUT2D eigenvalue weighted by Crippen LogP contribution is -2.00. The van der Waals surface area contributed by atoms with Gasteiger partial charge in [-0.15, -0.1) is 39.5 Å². The van der Waals surface area contributed by atoms with Gasteiger partial charge in [-0.25, -0.2) is 0 Å². The zero-order valence-electron chi connectivity index (χ0n) is 8.13. The average Bonchev–Trinajstić information content (AvgIpc) is 2.14. The SMILES string of the molecule is C=C.C=C.C=C.CC(O)CCO. The molecule has 0 bridgehead atoms. The fourth-order valence-corrected chi connectivity index (χ4v) is 0.187. The van der Waals surface area contributed by atoms with Gasteiger partial charge in [-0.1, -0.05) is 0 Å². The van der Waals surface area contributed by atoms with E-state index in [4.69, 9.17) is 10.2 Å². The van der Waals surface area contributed by atoms with Crippen molar-refractivity contribution < 1.29 is 10.2 Å². The molecule has 0 fully saturated rings. The summed E-state index contributed by atoms with van der Waals surface area (Å²) < 4.78 is 0. The molecule has 0 aliphatic heterocycles. The van der Waals surface area contributed by atoms with E-state index in [9.17, 15) is 0 Å². The van der Waals surface area contributed by atoms with E-state index in [1.165, 1.54) is 0 Å². The molecule has 1 unspecified atom stereocenters. The topological polar surface area (TPSA) is 40.5 Å². The predicted octanol–water partition coefficient (Wildman–Crippen LogP) is 2.16. The van der Waals surface area contributed by atoms with Gasteiger partial charge in [-0.3, -0.25) is 0 Å². The Morgan fingerprint density at radius 1 is 1.00 bits per heavy atom. The molecule has 0 saturated heterocycles. The molecule has 2 nitrogen and oxygen atoms in total. The first-order valence-corrected chi connectivity index (χ1v) is 3.56. The minimum atomic E-state index is -0.352. The Bertz CT molecular complexity index is 49.0.